The highest BCUT2D eigenvalue weighted by Gasteiger charge is 2.64. The fourth-order valence-corrected chi connectivity index (χ4v) is 6.40. The van der Waals surface area contributed by atoms with Crippen molar-refractivity contribution in [2.24, 2.45) is 22.7 Å². The summed E-state index contributed by atoms with van der Waals surface area (Å²) in [5.74, 6) is 1.04. The fraction of sp³-hybridized carbons (Fsp3) is 0.900. The van der Waals surface area contributed by atoms with E-state index in [9.17, 15) is 5.11 Å². The molecule has 0 bridgehead atoms. The van der Waals surface area contributed by atoms with Gasteiger partial charge in [-0.3, -0.25) is 0 Å². The van der Waals surface area contributed by atoms with E-state index >= 15 is 0 Å². The van der Waals surface area contributed by atoms with Crippen molar-refractivity contribution in [2.45, 2.75) is 90.4 Å². The van der Waals surface area contributed by atoms with E-state index in [0.717, 1.165) is 32.1 Å². The summed E-state index contributed by atoms with van der Waals surface area (Å²) in [6, 6.07) is 0. The predicted molar refractivity (Wildman–Crippen MR) is 90.7 cm³/mol. The number of rotatable bonds is 1. The quantitative estimate of drug-likeness (QED) is 0.711. The SMILES string of the molecule is C=CC1(C)CCC2C(C)(CCC3C(C)(C)CCC(O)C32C)O1. The lowest BCUT2D eigenvalue weighted by Gasteiger charge is -2.66. The molecule has 2 saturated carbocycles. The molecule has 1 aliphatic heterocycles. The Hall–Kier alpha value is -0.340. The van der Waals surface area contributed by atoms with Gasteiger partial charge in [0.25, 0.3) is 0 Å². The maximum atomic E-state index is 11.0. The molecule has 22 heavy (non-hydrogen) atoms. The van der Waals surface area contributed by atoms with E-state index in [1.165, 1.54) is 6.42 Å². The van der Waals surface area contributed by atoms with E-state index in [1.807, 2.05) is 6.08 Å². The summed E-state index contributed by atoms with van der Waals surface area (Å²) < 4.78 is 6.62. The third-order valence-corrected chi connectivity index (χ3v) is 7.72. The molecule has 126 valence electrons. The van der Waals surface area contributed by atoms with Crippen LogP contribution >= 0.6 is 0 Å². The monoisotopic (exact) mass is 306 g/mol. The van der Waals surface area contributed by atoms with E-state index in [0.29, 0.717) is 17.3 Å². The third-order valence-electron chi connectivity index (χ3n) is 7.72. The van der Waals surface area contributed by atoms with E-state index in [2.05, 4.69) is 41.2 Å². The van der Waals surface area contributed by atoms with Crippen molar-refractivity contribution < 1.29 is 9.84 Å². The molecule has 2 aliphatic carbocycles. The number of hydrogen-bond donors (Lipinski definition) is 1. The van der Waals surface area contributed by atoms with Crippen LogP contribution in [0.1, 0.15) is 73.1 Å². The summed E-state index contributed by atoms with van der Waals surface area (Å²) in [7, 11) is 0. The van der Waals surface area contributed by atoms with Gasteiger partial charge >= 0.3 is 0 Å². The largest absolute Gasteiger partial charge is 0.393 e. The molecule has 0 amide bonds. The van der Waals surface area contributed by atoms with Crippen molar-refractivity contribution in [3.8, 4) is 0 Å². The Morgan fingerprint density at radius 2 is 1.59 bits per heavy atom. The van der Waals surface area contributed by atoms with Crippen LogP contribution in [0.4, 0.5) is 0 Å². The zero-order valence-corrected chi connectivity index (χ0v) is 15.1. The van der Waals surface area contributed by atoms with E-state index in [4.69, 9.17) is 4.74 Å². The van der Waals surface area contributed by atoms with Gasteiger partial charge in [-0.15, -0.1) is 6.58 Å². The van der Waals surface area contributed by atoms with Gasteiger partial charge in [0, 0.05) is 5.41 Å². The van der Waals surface area contributed by atoms with Crippen LogP contribution in [-0.4, -0.2) is 22.4 Å². The Bertz CT molecular complexity index is 470. The second-order valence-corrected chi connectivity index (χ2v) is 9.52. The molecule has 2 heteroatoms. The molecule has 3 fully saturated rings. The summed E-state index contributed by atoms with van der Waals surface area (Å²) in [6.45, 7) is 15.6. The first-order chi connectivity index (χ1) is 10.1. The van der Waals surface area contributed by atoms with Gasteiger partial charge in [-0.25, -0.2) is 0 Å². The van der Waals surface area contributed by atoms with Crippen LogP contribution in [-0.2, 0) is 4.74 Å². The Morgan fingerprint density at radius 3 is 2.23 bits per heavy atom. The summed E-state index contributed by atoms with van der Waals surface area (Å²) in [5, 5.41) is 11.0. The average Bonchev–Trinajstić information content (AvgIpc) is 2.42. The minimum absolute atomic E-state index is 0.0166. The average molecular weight is 306 g/mol. The fourth-order valence-electron chi connectivity index (χ4n) is 6.40. The van der Waals surface area contributed by atoms with Gasteiger partial charge in [0.1, 0.15) is 0 Å². The maximum Gasteiger partial charge on any atom is 0.0839 e. The van der Waals surface area contributed by atoms with Crippen molar-refractivity contribution in [1.29, 1.82) is 0 Å². The van der Waals surface area contributed by atoms with Crippen molar-refractivity contribution in [2.75, 3.05) is 0 Å². The van der Waals surface area contributed by atoms with Crippen molar-refractivity contribution in [1.82, 2.24) is 0 Å². The van der Waals surface area contributed by atoms with Crippen LogP contribution in [0, 0.1) is 22.7 Å². The third kappa shape index (κ3) is 2.13. The first-order valence-corrected chi connectivity index (χ1v) is 9.09. The van der Waals surface area contributed by atoms with Crippen molar-refractivity contribution in [3.05, 3.63) is 12.7 Å². The molecule has 1 saturated heterocycles. The van der Waals surface area contributed by atoms with Crippen LogP contribution in [0.2, 0.25) is 0 Å². The van der Waals surface area contributed by atoms with E-state index < -0.39 is 0 Å². The minimum Gasteiger partial charge on any atom is -0.393 e. The molecule has 1 N–H and O–H groups in total. The van der Waals surface area contributed by atoms with Gasteiger partial charge in [-0.2, -0.15) is 0 Å². The molecule has 0 radical (unpaired) electrons. The highest BCUT2D eigenvalue weighted by Crippen LogP contribution is 2.65. The smallest absolute Gasteiger partial charge is 0.0839 e. The lowest BCUT2D eigenvalue weighted by Crippen LogP contribution is -2.66. The molecule has 0 aromatic rings. The van der Waals surface area contributed by atoms with Gasteiger partial charge in [0.05, 0.1) is 17.3 Å². The topological polar surface area (TPSA) is 29.5 Å². The first-order valence-electron chi connectivity index (χ1n) is 9.09. The van der Waals surface area contributed by atoms with Gasteiger partial charge in [0.15, 0.2) is 0 Å². The van der Waals surface area contributed by atoms with Crippen molar-refractivity contribution >= 4 is 0 Å². The lowest BCUT2D eigenvalue weighted by molar-refractivity contribution is -0.273. The standard InChI is InChI=1S/C20H34O2/c1-7-18(4)12-8-15-19(5,22-18)13-9-14-17(2,3)11-10-16(21)20(14,15)6/h7,14-16,21H,1,8-13H2,2-6H3. The number of ether oxygens (including phenoxy) is 1. The Balaban J connectivity index is 1.99. The van der Waals surface area contributed by atoms with Gasteiger partial charge in [-0.05, 0) is 69.6 Å². The molecule has 0 aromatic carbocycles. The van der Waals surface area contributed by atoms with E-state index in [1.54, 1.807) is 0 Å². The van der Waals surface area contributed by atoms with Gasteiger partial charge in [-0.1, -0.05) is 26.8 Å². The van der Waals surface area contributed by atoms with Crippen LogP contribution in [0.3, 0.4) is 0 Å². The summed E-state index contributed by atoms with van der Waals surface area (Å²) in [6.07, 6.45) is 8.30. The van der Waals surface area contributed by atoms with Crippen LogP contribution in [0.25, 0.3) is 0 Å². The highest BCUT2D eigenvalue weighted by atomic mass is 16.5. The number of aliphatic hydroxyl groups is 1. The maximum absolute atomic E-state index is 11.0. The van der Waals surface area contributed by atoms with Crippen LogP contribution in [0.5, 0.6) is 0 Å². The number of aliphatic hydroxyl groups excluding tert-OH is 1. The molecule has 0 aromatic heterocycles. The second kappa shape index (κ2) is 4.83. The predicted octanol–water partition coefficient (Wildman–Crippen LogP) is 4.71. The molecular formula is C20H34O2. The lowest BCUT2D eigenvalue weighted by atomic mass is 9.43. The Morgan fingerprint density at radius 1 is 0.955 bits per heavy atom. The first kappa shape index (κ1) is 16.5. The Kier molecular flexibility index (Phi) is 3.63. The number of fused-ring (bicyclic) bond motifs is 3. The highest BCUT2D eigenvalue weighted by molar-refractivity contribution is 5.14. The number of hydrogen-bond acceptors (Lipinski definition) is 2. The molecule has 1 heterocycles. The van der Waals surface area contributed by atoms with Gasteiger partial charge in [0.2, 0.25) is 0 Å². The second-order valence-electron chi connectivity index (χ2n) is 9.52. The molecule has 6 atom stereocenters. The molecule has 6 unspecified atom stereocenters. The van der Waals surface area contributed by atoms with E-state index in [-0.39, 0.29) is 22.7 Å². The summed E-state index contributed by atoms with van der Waals surface area (Å²) >= 11 is 0. The molecular weight excluding hydrogens is 272 g/mol. The molecule has 3 rings (SSSR count). The Labute approximate surface area is 136 Å². The van der Waals surface area contributed by atoms with Crippen molar-refractivity contribution in [3.63, 3.8) is 0 Å². The minimum atomic E-state index is -0.205. The molecule has 0 spiro atoms. The van der Waals surface area contributed by atoms with Crippen LogP contribution in [0.15, 0.2) is 12.7 Å². The summed E-state index contributed by atoms with van der Waals surface area (Å²) in [5.41, 5.74) is -0.0177. The van der Waals surface area contributed by atoms with Gasteiger partial charge < -0.3 is 9.84 Å². The normalized spacial score (nSPS) is 54.2. The molecule has 3 aliphatic rings. The van der Waals surface area contributed by atoms with Crippen LogP contribution < -0.4 is 0 Å². The zero-order valence-electron chi connectivity index (χ0n) is 15.1. The zero-order chi connectivity index (χ0) is 16.4. The molecule has 2 nitrogen and oxygen atoms in total. The summed E-state index contributed by atoms with van der Waals surface area (Å²) in [4.78, 5) is 0.